The summed E-state index contributed by atoms with van der Waals surface area (Å²) in [6, 6.07) is 85.8. The number of unbranched alkanes of at least 4 members (excludes halogenated alkanes) is 10. The van der Waals surface area contributed by atoms with Crippen LogP contribution in [0.3, 0.4) is 0 Å². The molecular formula is C94H98N2. The van der Waals surface area contributed by atoms with Gasteiger partial charge in [-0.25, -0.2) is 0 Å². The predicted molar refractivity (Wildman–Crippen MR) is 418 cm³/mol. The lowest BCUT2D eigenvalue weighted by atomic mass is 9.70. The summed E-state index contributed by atoms with van der Waals surface area (Å²) < 4.78 is 0. The highest BCUT2D eigenvalue weighted by Crippen LogP contribution is 2.56. The van der Waals surface area contributed by atoms with Crippen molar-refractivity contribution in [2.45, 2.75) is 182 Å². The fraction of sp³-hybridized carbons (Fsp3) is 0.298. The van der Waals surface area contributed by atoms with Gasteiger partial charge in [0.2, 0.25) is 0 Å². The van der Waals surface area contributed by atoms with E-state index in [2.05, 4.69) is 304 Å². The maximum atomic E-state index is 2.62. The third-order valence-electron chi connectivity index (χ3n) is 21.3. The quantitative estimate of drug-likeness (QED) is 0.0493. The molecule has 14 rings (SSSR count). The Morgan fingerprint density at radius 3 is 1.44 bits per heavy atom. The number of anilines is 5. The summed E-state index contributed by atoms with van der Waals surface area (Å²) in [7, 11) is 0. The van der Waals surface area contributed by atoms with Crippen molar-refractivity contribution in [3.05, 3.63) is 275 Å². The van der Waals surface area contributed by atoms with E-state index >= 15 is 0 Å². The number of fused-ring (bicyclic) bond motifs is 5. The zero-order chi connectivity index (χ0) is 66.2. The molecule has 12 aromatic carbocycles. The summed E-state index contributed by atoms with van der Waals surface area (Å²) in [5.41, 5.74) is 27.4. The largest absolute Gasteiger partial charge is 0.310 e. The third kappa shape index (κ3) is 12.7. The lowest BCUT2D eigenvalue weighted by Gasteiger charge is -2.38. The van der Waals surface area contributed by atoms with Gasteiger partial charge in [0, 0.05) is 45.6 Å². The van der Waals surface area contributed by atoms with Crippen molar-refractivity contribution in [3.63, 3.8) is 0 Å². The van der Waals surface area contributed by atoms with Gasteiger partial charge in [-0.15, -0.1) is 0 Å². The lowest BCUT2D eigenvalue weighted by Crippen LogP contribution is -2.23. The summed E-state index contributed by atoms with van der Waals surface area (Å²) in [5, 5.41) is 10.6. The van der Waals surface area contributed by atoms with Crippen LogP contribution in [0.25, 0.3) is 82.2 Å². The highest BCUT2D eigenvalue weighted by Gasteiger charge is 2.35. The predicted octanol–water partition coefficient (Wildman–Crippen LogP) is 27.8. The normalized spacial score (nSPS) is 13.6. The van der Waals surface area contributed by atoms with Crippen molar-refractivity contribution in [3.8, 4) is 33.4 Å². The minimum Gasteiger partial charge on any atom is -0.310 e. The van der Waals surface area contributed by atoms with Crippen molar-refractivity contribution in [2.24, 2.45) is 0 Å². The number of nitrogens with zero attached hydrogens (tertiary/aromatic N) is 2. The topological polar surface area (TPSA) is 6.48 Å². The molecule has 0 radical (unpaired) electrons. The Kier molecular flexibility index (Phi) is 18.3. The minimum atomic E-state index is 0.0521. The van der Waals surface area contributed by atoms with Crippen molar-refractivity contribution < 1.29 is 0 Å². The van der Waals surface area contributed by atoms with E-state index in [1.54, 1.807) is 0 Å². The standard InChI is InChI=1S/C94H98N2/c1-11-13-15-17-19-21-25-65-36-54-84-86(59-65)89(68-38-37-67-39-48-76(62-69(67)61-68)95(72-44-31-63(3)32-45-72)73-46-33-64(4)34-47-73)83-53-35-66(26-22-20-18-16-14-12-2)60-87(83)92(84)81-56-55-80-79-29-24-30-85-88(58-57-82(91(79)85)78-28-23-27-77(81)90(78)80)96(74-49-40-70(41-50-74)93(5,6)7)75-51-42-71(43-52-75)94(8,9)10/h23-24,27-56,58-62,82H,11-22,25-26,57H2,1-10H3. The highest BCUT2D eigenvalue weighted by atomic mass is 15.2. The Balaban J connectivity index is 0.944. The van der Waals surface area contributed by atoms with Gasteiger partial charge in [0.15, 0.2) is 0 Å². The monoisotopic (exact) mass is 1250 g/mol. The molecule has 0 bridgehead atoms. The molecule has 0 aromatic heterocycles. The first kappa shape index (κ1) is 64.4. The van der Waals surface area contributed by atoms with Crippen LogP contribution in [0.15, 0.2) is 224 Å². The smallest absolute Gasteiger partial charge is 0.0497 e. The molecule has 2 aliphatic carbocycles. The van der Waals surface area contributed by atoms with Crippen LogP contribution < -0.4 is 9.80 Å². The zero-order valence-electron chi connectivity index (χ0n) is 58.9. The average molecular weight is 1260 g/mol. The molecule has 0 amide bonds. The molecule has 2 heteroatoms. The molecule has 12 aromatic rings. The fourth-order valence-corrected chi connectivity index (χ4v) is 16.0. The van der Waals surface area contributed by atoms with Crippen molar-refractivity contribution in [1.29, 1.82) is 0 Å². The van der Waals surface area contributed by atoms with Gasteiger partial charge in [-0.3, -0.25) is 0 Å². The number of allylic oxidation sites excluding steroid dienone is 1. The number of aryl methyl sites for hydroxylation is 4. The first-order chi connectivity index (χ1) is 46.6. The Hall–Kier alpha value is -8.98. The summed E-state index contributed by atoms with van der Waals surface area (Å²) in [6.45, 7) is 22.8. The van der Waals surface area contributed by atoms with Gasteiger partial charge in [-0.1, -0.05) is 288 Å². The molecule has 0 aliphatic heterocycles. The van der Waals surface area contributed by atoms with E-state index in [0.29, 0.717) is 0 Å². The van der Waals surface area contributed by atoms with Crippen LogP contribution in [-0.4, -0.2) is 0 Å². The highest BCUT2D eigenvalue weighted by molar-refractivity contribution is 6.25. The van der Waals surface area contributed by atoms with Gasteiger partial charge in [0.05, 0.1) is 0 Å². The Morgan fingerprint density at radius 2 is 0.854 bits per heavy atom. The first-order valence-electron chi connectivity index (χ1n) is 36.5. The van der Waals surface area contributed by atoms with Gasteiger partial charge >= 0.3 is 0 Å². The Labute approximate surface area is 573 Å². The van der Waals surface area contributed by atoms with Crippen LogP contribution in [0.1, 0.15) is 195 Å². The van der Waals surface area contributed by atoms with E-state index in [-0.39, 0.29) is 16.7 Å². The molecule has 484 valence electrons. The number of rotatable bonds is 22. The van der Waals surface area contributed by atoms with E-state index in [1.165, 1.54) is 221 Å². The second-order valence-electron chi connectivity index (χ2n) is 30.3. The van der Waals surface area contributed by atoms with Gasteiger partial charge in [-0.05, 0) is 233 Å². The lowest BCUT2D eigenvalue weighted by molar-refractivity contribution is 0.590. The molecule has 0 spiro atoms. The van der Waals surface area contributed by atoms with Crippen LogP contribution in [0.4, 0.5) is 28.4 Å². The van der Waals surface area contributed by atoms with E-state index in [1.807, 2.05) is 0 Å². The number of benzene rings is 12. The Morgan fingerprint density at radius 1 is 0.365 bits per heavy atom. The molecule has 0 N–H and O–H groups in total. The van der Waals surface area contributed by atoms with Crippen molar-refractivity contribution in [1.82, 2.24) is 0 Å². The maximum absolute atomic E-state index is 2.62. The molecule has 1 atom stereocenters. The van der Waals surface area contributed by atoms with Gasteiger partial charge in [0.1, 0.15) is 0 Å². The van der Waals surface area contributed by atoms with Gasteiger partial charge in [0.25, 0.3) is 0 Å². The second kappa shape index (κ2) is 27.3. The van der Waals surface area contributed by atoms with Crippen LogP contribution in [-0.2, 0) is 23.7 Å². The van der Waals surface area contributed by atoms with Crippen molar-refractivity contribution >= 4 is 77.2 Å². The summed E-state index contributed by atoms with van der Waals surface area (Å²) in [4.78, 5) is 4.95. The maximum Gasteiger partial charge on any atom is 0.0497 e. The van der Waals surface area contributed by atoms with E-state index < -0.39 is 0 Å². The molecule has 0 heterocycles. The number of hydrogen-bond donors (Lipinski definition) is 0. The summed E-state index contributed by atoms with van der Waals surface area (Å²) in [5.74, 6) is 0.207. The molecular weight excluding hydrogens is 1160 g/mol. The fourth-order valence-electron chi connectivity index (χ4n) is 16.0. The molecule has 0 saturated heterocycles. The summed E-state index contributed by atoms with van der Waals surface area (Å²) >= 11 is 0. The van der Waals surface area contributed by atoms with Crippen LogP contribution in [0, 0.1) is 13.8 Å². The average Bonchev–Trinajstić information content (AvgIpc) is 0.707. The van der Waals surface area contributed by atoms with Gasteiger partial charge in [-0.2, -0.15) is 0 Å². The van der Waals surface area contributed by atoms with E-state index in [0.717, 1.165) is 36.3 Å². The van der Waals surface area contributed by atoms with Crippen LogP contribution in [0.2, 0.25) is 0 Å². The first-order valence-corrected chi connectivity index (χ1v) is 36.5. The molecule has 1 unspecified atom stereocenters. The SMILES string of the molecule is CCCCCCCCc1ccc2c(-c3ccc4c5c(cccc35)C3CC=C(N(c5ccc(C(C)(C)C)cc5)c5ccc(C(C)(C)C)cc5)c5cccc-4c53)c3cc(CCCCCCCC)ccc3c(-c3ccc4ccc(N(c5ccc(C)cc5)c5ccc(C)cc5)cc4c3)c2c1. The third-order valence-corrected chi connectivity index (χ3v) is 21.3. The van der Waals surface area contributed by atoms with Crippen LogP contribution >= 0.6 is 0 Å². The second-order valence-corrected chi connectivity index (χ2v) is 30.3. The van der Waals surface area contributed by atoms with Crippen molar-refractivity contribution in [2.75, 3.05) is 9.80 Å². The van der Waals surface area contributed by atoms with E-state index in [4.69, 9.17) is 0 Å². The van der Waals surface area contributed by atoms with E-state index in [9.17, 15) is 0 Å². The minimum absolute atomic E-state index is 0.0521. The zero-order valence-corrected chi connectivity index (χ0v) is 58.9. The molecule has 0 fully saturated rings. The summed E-state index contributed by atoms with van der Waals surface area (Å²) in [6.07, 6.45) is 21.0. The molecule has 2 nitrogen and oxygen atoms in total. The van der Waals surface area contributed by atoms with Crippen LogP contribution in [0.5, 0.6) is 0 Å². The molecule has 0 saturated carbocycles. The molecule has 96 heavy (non-hydrogen) atoms. The number of hydrogen-bond acceptors (Lipinski definition) is 2. The molecule has 2 aliphatic rings. The Bertz CT molecular complexity index is 4730. The van der Waals surface area contributed by atoms with Gasteiger partial charge < -0.3 is 9.80 Å².